The van der Waals surface area contributed by atoms with E-state index in [2.05, 4.69) is 30.8 Å². The number of anilines is 1. The van der Waals surface area contributed by atoms with Gasteiger partial charge in [0.05, 0.1) is 5.69 Å². The van der Waals surface area contributed by atoms with Crippen LogP contribution in [0.4, 0.5) is 5.82 Å². The predicted octanol–water partition coefficient (Wildman–Crippen LogP) is 1.07. The number of hydrogen-bond acceptors (Lipinski definition) is 6. The summed E-state index contributed by atoms with van der Waals surface area (Å²) in [5.41, 5.74) is 1.49. The summed E-state index contributed by atoms with van der Waals surface area (Å²) >= 11 is 0. The van der Waals surface area contributed by atoms with E-state index in [-0.39, 0.29) is 0 Å². The van der Waals surface area contributed by atoms with Gasteiger partial charge in [0.2, 0.25) is 0 Å². The van der Waals surface area contributed by atoms with Gasteiger partial charge in [0.15, 0.2) is 11.5 Å². The van der Waals surface area contributed by atoms with Crippen LogP contribution in [0.15, 0.2) is 36.8 Å². The molecule has 3 rings (SSSR count). The number of rotatable bonds is 3. The van der Waals surface area contributed by atoms with Crippen LogP contribution in [0.2, 0.25) is 0 Å². The Labute approximate surface area is 123 Å². The van der Waals surface area contributed by atoms with Crippen molar-refractivity contribution in [3.8, 4) is 6.07 Å². The summed E-state index contributed by atoms with van der Waals surface area (Å²) in [5, 5.41) is 9.10. The van der Waals surface area contributed by atoms with Gasteiger partial charge in [-0.1, -0.05) is 6.07 Å². The molecule has 1 saturated heterocycles. The average Bonchev–Trinajstić information content (AvgIpc) is 2.56. The van der Waals surface area contributed by atoms with Crippen molar-refractivity contribution in [2.24, 2.45) is 0 Å². The molecule has 1 aliphatic rings. The van der Waals surface area contributed by atoms with Crippen molar-refractivity contribution < 1.29 is 0 Å². The predicted molar refractivity (Wildman–Crippen MR) is 78.5 cm³/mol. The van der Waals surface area contributed by atoms with Gasteiger partial charge >= 0.3 is 0 Å². The van der Waals surface area contributed by atoms with E-state index < -0.39 is 0 Å². The van der Waals surface area contributed by atoms with Crippen LogP contribution in [0.25, 0.3) is 0 Å². The second kappa shape index (κ2) is 6.29. The maximum Gasteiger partial charge on any atom is 0.183 e. The first-order chi connectivity index (χ1) is 10.4. The molecule has 6 heteroatoms. The summed E-state index contributed by atoms with van der Waals surface area (Å²) in [6, 6.07) is 8.09. The number of piperazine rings is 1. The van der Waals surface area contributed by atoms with Crippen molar-refractivity contribution in [2.75, 3.05) is 31.1 Å². The molecule has 0 aliphatic carbocycles. The quantitative estimate of drug-likeness (QED) is 0.837. The third-order valence-corrected chi connectivity index (χ3v) is 3.57. The Morgan fingerprint density at radius 2 is 1.81 bits per heavy atom. The lowest BCUT2D eigenvalue weighted by Crippen LogP contribution is -2.46. The van der Waals surface area contributed by atoms with E-state index in [1.807, 2.05) is 24.4 Å². The van der Waals surface area contributed by atoms with Crippen molar-refractivity contribution in [1.82, 2.24) is 19.9 Å². The third kappa shape index (κ3) is 3.15. The molecule has 2 aromatic rings. The van der Waals surface area contributed by atoms with Crippen molar-refractivity contribution in [3.05, 3.63) is 48.2 Å². The van der Waals surface area contributed by atoms with Crippen LogP contribution in [0.5, 0.6) is 0 Å². The number of pyridine rings is 1. The highest BCUT2D eigenvalue weighted by Crippen LogP contribution is 2.16. The van der Waals surface area contributed by atoms with E-state index in [0.29, 0.717) is 11.5 Å². The zero-order chi connectivity index (χ0) is 14.5. The molecule has 0 radical (unpaired) electrons. The molecule has 3 heterocycles. The summed E-state index contributed by atoms with van der Waals surface area (Å²) in [4.78, 5) is 17.2. The van der Waals surface area contributed by atoms with Crippen molar-refractivity contribution >= 4 is 5.82 Å². The summed E-state index contributed by atoms with van der Waals surface area (Å²) < 4.78 is 0. The Kier molecular flexibility index (Phi) is 4.03. The van der Waals surface area contributed by atoms with Crippen LogP contribution in [0.1, 0.15) is 11.4 Å². The number of hydrogen-bond donors (Lipinski definition) is 0. The topological polar surface area (TPSA) is 68.9 Å². The monoisotopic (exact) mass is 280 g/mol. The fourth-order valence-electron chi connectivity index (χ4n) is 2.48. The van der Waals surface area contributed by atoms with Gasteiger partial charge in [-0.05, 0) is 12.1 Å². The van der Waals surface area contributed by atoms with Crippen molar-refractivity contribution in [1.29, 1.82) is 5.26 Å². The molecule has 0 amide bonds. The van der Waals surface area contributed by atoms with E-state index in [9.17, 15) is 0 Å². The molecule has 21 heavy (non-hydrogen) atoms. The Hall–Kier alpha value is -2.52. The third-order valence-electron chi connectivity index (χ3n) is 3.57. The molecule has 2 aromatic heterocycles. The molecule has 0 N–H and O–H groups in total. The largest absolute Gasteiger partial charge is 0.352 e. The van der Waals surface area contributed by atoms with Gasteiger partial charge in [-0.25, -0.2) is 9.97 Å². The van der Waals surface area contributed by atoms with Crippen LogP contribution in [-0.4, -0.2) is 46.0 Å². The van der Waals surface area contributed by atoms with Crippen LogP contribution in [0, 0.1) is 11.3 Å². The molecular weight excluding hydrogens is 264 g/mol. The molecule has 0 aromatic carbocycles. The molecule has 1 aliphatic heterocycles. The lowest BCUT2D eigenvalue weighted by Gasteiger charge is -2.35. The average molecular weight is 280 g/mol. The Balaban J connectivity index is 1.62. The summed E-state index contributed by atoms with van der Waals surface area (Å²) in [6.45, 7) is 4.41. The Bertz CT molecular complexity index is 628. The molecule has 6 nitrogen and oxygen atoms in total. The lowest BCUT2D eigenvalue weighted by molar-refractivity contribution is 0.246. The number of aromatic nitrogens is 3. The fraction of sp³-hybridized carbons (Fsp3) is 0.333. The van der Waals surface area contributed by atoms with E-state index in [1.54, 1.807) is 12.4 Å². The zero-order valence-electron chi connectivity index (χ0n) is 11.7. The molecule has 0 bridgehead atoms. The van der Waals surface area contributed by atoms with Gasteiger partial charge < -0.3 is 4.90 Å². The maximum atomic E-state index is 9.10. The number of nitrogens with zero attached hydrogens (tertiary/aromatic N) is 6. The smallest absolute Gasteiger partial charge is 0.183 e. The van der Waals surface area contributed by atoms with E-state index in [0.717, 1.165) is 38.4 Å². The molecule has 0 saturated carbocycles. The Morgan fingerprint density at radius 1 is 1.00 bits per heavy atom. The van der Waals surface area contributed by atoms with Gasteiger partial charge in [-0.15, -0.1) is 0 Å². The van der Waals surface area contributed by atoms with Crippen LogP contribution < -0.4 is 4.90 Å². The zero-order valence-corrected chi connectivity index (χ0v) is 11.7. The SMILES string of the molecule is N#Cc1nccnc1N1CCN(Cc2ccccn2)CC1. The van der Waals surface area contributed by atoms with Crippen LogP contribution in [-0.2, 0) is 6.54 Å². The Morgan fingerprint density at radius 3 is 2.52 bits per heavy atom. The summed E-state index contributed by atoms with van der Waals surface area (Å²) in [6.07, 6.45) is 5.01. The minimum Gasteiger partial charge on any atom is -0.352 e. The van der Waals surface area contributed by atoms with Gasteiger partial charge in [0, 0.05) is 51.3 Å². The molecular formula is C15H16N6. The summed E-state index contributed by atoms with van der Waals surface area (Å²) in [5.74, 6) is 0.692. The van der Waals surface area contributed by atoms with E-state index in [1.165, 1.54) is 0 Å². The summed E-state index contributed by atoms with van der Waals surface area (Å²) in [7, 11) is 0. The van der Waals surface area contributed by atoms with Gasteiger partial charge in [-0.2, -0.15) is 5.26 Å². The standard InChI is InChI=1S/C15H16N6/c16-11-14-15(19-6-5-18-14)21-9-7-20(8-10-21)12-13-3-1-2-4-17-13/h1-6H,7-10,12H2. The second-order valence-electron chi connectivity index (χ2n) is 4.92. The van der Waals surface area contributed by atoms with Crippen molar-refractivity contribution in [2.45, 2.75) is 6.54 Å². The first kappa shape index (κ1) is 13.5. The normalized spacial score (nSPS) is 15.7. The minimum atomic E-state index is 0.399. The first-order valence-corrected chi connectivity index (χ1v) is 6.95. The molecule has 0 spiro atoms. The van der Waals surface area contributed by atoms with Gasteiger partial charge in [0.1, 0.15) is 6.07 Å². The van der Waals surface area contributed by atoms with Gasteiger partial charge in [0.25, 0.3) is 0 Å². The molecule has 0 atom stereocenters. The minimum absolute atomic E-state index is 0.399. The highest BCUT2D eigenvalue weighted by atomic mass is 15.3. The van der Waals surface area contributed by atoms with Gasteiger partial charge in [-0.3, -0.25) is 9.88 Å². The molecule has 106 valence electrons. The highest BCUT2D eigenvalue weighted by molar-refractivity contribution is 5.49. The lowest BCUT2D eigenvalue weighted by atomic mass is 10.2. The van der Waals surface area contributed by atoms with E-state index in [4.69, 9.17) is 5.26 Å². The van der Waals surface area contributed by atoms with Crippen LogP contribution in [0.3, 0.4) is 0 Å². The second-order valence-corrected chi connectivity index (χ2v) is 4.92. The van der Waals surface area contributed by atoms with E-state index >= 15 is 0 Å². The van der Waals surface area contributed by atoms with Crippen molar-refractivity contribution in [3.63, 3.8) is 0 Å². The maximum absolute atomic E-state index is 9.10. The molecule has 0 unspecified atom stereocenters. The van der Waals surface area contributed by atoms with Crippen LogP contribution >= 0.6 is 0 Å². The number of nitriles is 1. The fourth-order valence-corrected chi connectivity index (χ4v) is 2.48. The molecule has 1 fully saturated rings. The highest BCUT2D eigenvalue weighted by Gasteiger charge is 2.20. The first-order valence-electron chi connectivity index (χ1n) is 6.95.